The van der Waals surface area contributed by atoms with Crippen molar-refractivity contribution in [2.45, 2.75) is 24.9 Å². The van der Waals surface area contributed by atoms with Crippen LogP contribution in [0.2, 0.25) is 10.0 Å². The molecule has 3 N–H and O–H groups in total. The fourth-order valence-electron chi connectivity index (χ4n) is 2.66. The molecule has 1 aliphatic rings. The summed E-state index contributed by atoms with van der Waals surface area (Å²) in [6, 6.07) is 10.1. The van der Waals surface area contributed by atoms with Gasteiger partial charge in [-0.1, -0.05) is 23.2 Å². The van der Waals surface area contributed by atoms with Crippen molar-refractivity contribution in [3.8, 4) is 11.8 Å². The van der Waals surface area contributed by atoms with E-state index < -0.39 is 12.0 Å². The Morgan fingerprint density at radius 3 is 2.52 bits per heavy atom. The Hall–Kier alpha value is -2.95. The highest BCUT2D eigenvalue weighted by Crippen LogP contribution is 2.37. The van der Waals surface area contributed by atoms with Crippen LogP contribution in [0.5, 0.6) is 5.75 Å². The zero-order valence-electron chi connectivity index (χ0n) is 15.1. The van der Waals surface area contributed by atoms with Crippen LogP contribution in [0.15, 0.2) is 36.4 Å². The van der Waals surface area contributed by atoms with Gasteiger partial charge in [0.15, 0.2) is 12.6 Å². The fraction of sp³-hybridized carbons (Fsp3) is 0.250. The number of nitrogens with zero attached hydrogens (tertiary/aromatic N) is 1. The van der Waals surface area contributed by atoms with Crippen LogP contribution in [0.1, 0.15) is 30.0 Å². The molecule has 0 bridgehead atoms. The average Bonchev–Trinajstić information content (AvgIpc) is 3.49. The maximum absolute atomic E-state index is 12.0. The second-order valence-corrected chi connectivity index (χ2v) is 7.38. The van der Waals surface area contributed by atoms with Crippen LogP contribution < -0.4 is 15.4 Å². The number of carbonyl (C=O) groups is 2. The number of aliphatic carboxylic acids is 1. The fourth-order valence-corrected chi connectivity index (χ4v) is 3.23. The van der Waals surface area contributed by atoms with Crippen molar-refractivity contribution in [1.82, 2.24) is 5.32 Å². The highest BCUT2D eigenvalue weighted by molar-refractivity contribution is 6.35. The Labute approximate surface area is 177 Å². The van der Waals surface area contributed by atoms with Crippen LogP contribution in [0.25, 0.3) is 0 Å². The van der Waals surface area contributed by atoms with Crippen molar-refractivity contribution < 1.29 is 19.4 Å². The van der Waals surface area contributed by atoms with Gasteiger partial charge in [0.05, 0.1) is 16.7 Å². The summed E-state index contributed by atoms with van der Waals surface area (Å²) in [5, 5.41) is 24.6. The Morgan fingerprint density at radius 1 is 1.24 bits per heavy atom. The first-order valence-corrected chi connectivity index (χ1v) is 9.53. The van der Waals surface area contributed by atoms with E-state index in [-0.39, 0.29) is 39.9 Å². The van der Waals surface area contributed by atoms with Crippen molar-refractivity contribution >= 4 is 40.8 Å². The highest BCUT2D eigenvalue weighted by Gasteiger charge is 2.27. The predicted octanol–water partition coefficient (Wildman–Crippen LogP) is 3.76. The molecule has 3 rings (SSSR count). The quantitative estimate of drug-likeness (QED) is 0.584. The molecule has 9 heteroatoms. The number of ether oxygens (including phenoxy) is 1. The molecule has 1 saturated carbocycles. The molecule has 0 spiro atoms. The van der Waals surface area contributed by atoms with Crippen molar-refractivity contribution in [1.29, 1.82) is 5.26 Å². The smallest absolute Gasteiger partial charge is 0.330 e. The van der Waals surface area contributed by atoms with E-state index >= 15 is 0 Å². The second kappa shape index (κ2) is 9.03. The van der Waals surface area contributed by atoms with E-state index in [0.29, 0.717) is 11.3 Å². The minimum absolute atomic E-state index is 0.0653. The number of benzene rings is 2. The van der Waals surface area contributed by atoms with Gasteiger partial charge in [-0.25, -0.2) is 4.79 Å². The van der Waals surface area contributed by atoms with Crippen LogP contribution in [0.4, 0.5) is 5.69 Å². The van der Waals surface area contributed by atoms with Crippen LogP contribution >= 0.6 is 23.2 Å². The summed E-state index contributed by atoms with van der Waals surface area (Å²) in [5.41, 5.74) is 1.10. The molecule has 1 atom stereocenters. The average molecular weight is 434 g/mol. The van der Waals surface area contributed by atoms with Crippen molar-refractivity contribution in [2.75, 3.05) is 11.9 Å². The molecule has 0 saturated heterocycles. The summed E-state index contributed by atoms with van der Waals surface area (Å²) in [7, 11) is 0. The molecule has 0 heterocycles. The summed E-state index contributed by atoms with van der Waals surface area (Å²) in [4.78, 5) is 23.9. The monoisotopic (exact) mass is 433 g/mol. The van der Waals surface area contributed by atoms with Gasteiger partial charge in [-0.3, -0.25) is 4.79 Å². The third-order valence-corrected chi connectivity index (χ3v) is 4.71. The van der Waals surface area contributed by atoms with Gasteiger partial charge in [0.1, 0.15) is 5.75 Å². The minimum Gasteiger partial charge on any atom is -0.482 e. The maximum atomic E-state index is 12.0. The topological polar surface area (TPSA) is 111 Å². The molecule has 1 fully saturated rings. The van der Waals surface area contributed by atoms with Crippen LogP contribution in [-0.2, 0) is 9.59 Å². The number of nitriles is 1. The number of rotatable bonds is 8. The summed E-state index contributed by atoms with van der Waals surface area (Å²) < 4.78 is 5.57. The number of carboxylic acid groups (broad SMARTS) is 1. The standard InChI is InChI=1S/C20H17Cl2N3O4/c21-12-7-15(18(20(27)28)25-14-3-1-11(9-23)2-4-14)19(16(22)8-12)29-10-17(26)24-13-5-6-13/h1-4,7-8,13,18,25H,5-6,10H2,(H,24,26)(H,27,28). The second-order valence-electron chi connectivity index (χ2n) is 6.54. The van der Waals surface area contributed by atoms with Crippen molar-refractivity contribution in [3.63, 3.8) is 0 Å². The number of anilines is 1. The Bertz CT molecular complexity index is 969. The predicted molar refractivity (Wildman–Crippen MR) is 108 cm³/mol. The first-order chi connectivity index (χ1) is 13.9. The zero-order chi connectivity index (χ0) is 21.0. The van der Waals surface area contributed by atoms with Gasteiger partial charge in [0.2, 0.25) is 0 Å². The summed E-state index contributed by atoms with van der Waals surface area (Å²) >= 11 is 12.3. The Morgan fingerprint density at radius 2 is 1.93 bits per heavy atom. The maximum Gasteiger partial charge on any atom is 0.330 e. The van der Waals surface area contributed by atoms with Gasteiger partial charge in [0, 0.05) is 22.3 Å². The first-order valence-electron chi connectivity index (χ1n) is 8.78. The molecule has 0 radical (unpaired) electrons. The molecular formula is C20H17Cl2N3O4. The normalized spacial score (nSPS) is 13.8. The summed E-state index contributed by atoms with van der Waals surface area (Å²) in [6.07, 6.45) is 1.88. The van der Waals surface area contributed by atoms with Gasteiger partial charge in [-0.2, -0.15) is 5.26 Å². The largest absolute Gasteiger partial charge is 0.482 e. The number of carbonyl (C=O) groups excluding carboxylic acids is 1. The number of amides is 1. The van der Waals surface area contributed by atoms with E-state index in [1.165, 1.54) is 12.1 Å². The highest BCUT2D eigenvalue weighted by atomic mass is 35.5. The zero-order valence-corrected chi connectivity index (χ0v) is 16.6. The van der Waals surface area contributed by atoms with E-state index in [9.17, 15) is 14.7 Å². The SMILES string of the molecule is N#Cc1ccc(NC(C(=O)O)c2cc(Cl)cc(Cl)c2OCC(=O)NC2CC2)cc1. The molecule has 29 heavy (non-hydrogen) atoms. The lowest BCUT2D eigenvalue weighted by Crippen LogP contribution is -2.31. The lowest BCUT2D eigenvalue weighted by atomic mass is 10.0. The number of hydrogen-bond donors (Lipinski definition) is 3. The summed E-state index contributed by atoms with van der Waals surface area (Å²) in [5.74, 6) is -1.44. The van der Waals surface area contributed by atoms with E-state index in [2.05, 4.69) is 10.6 Å². The van der Waals surface area contributed by atoms with Crippen molar-refractivity contribution in [2.24, 2.45) is 0 Å². The van der Waals surface area contributed by atoms with Crippen molar-refractivity contribution in [3.05, 3.63) is 57.6 Å². The third-order valence-electron chi connectivity index (χ3n) is 4.21. The lowest BCUT2D eigenvalue weighted by Gasteiger charge is -2.21. The van der Waals surface area contributed by atoms with Crippen LogP contribution in [0, 0.1) is 11.3 Å². The van der Waals surface area contributed by atoms with Gasteiger partial charge < -0.3 is 20.5 Å². The van der Waals surface area contributed by atoms with Gasteiger partial charge in [0.25, 0.3) is 5.91 Å². The van der Waals surface area contributed by atoms with E-state index in [4.69, 9.17) is 33.2 Å². The van der Waals surface area contributed by atoms with Crippen LogP contribution in [-0.4, -0.2) is 29.6 Å². The van der Waals surface area contributed by atoms with Crippen LogP contribution in [0.3, 0.4) is 0 Å². The molecule has 2 aromatic rings. The number of carboxylic acids is 1. The number of halogens is 2. The third kappa shape index (κ3) is 5.53. The molecule has 1 unspecified atom stereocenters. The van der Waals surface area contributed by atoms with Gasteiger partial charge in [-0.05, 0) is 49.2 Å². The Kier molecular flexibility index (Phi) is 6.47. The van der Waals surface area contributed by atoms with E-state index in [1.807, 2.05) is 6.07 Å². The summed E-state index contributed by atoms with van der Waals surface area (Å²) in [6.45, 7) is -0.298. The molecule has 0 aliphatic heterocycles. The minimum atomic E-state index is -1.25. The molecule has 7 nitrogen and oxygen atoms in total. The van der Waals surface area contributed by atoms with Gasteiger partial charge in [-0.15, -0.1) is 0 Å². The molecular weight excluding hydrogens is 417 g/mol. The molecule has 0 aromatic heterocycles. The molecule has 1 aliphatic carbocycles. The number of hydrogen-bond acceptors (Lipinski definition) is 5. The lowest BCUT2D eigenvalue weighted by molar-refractivity contribution is -0.138. The molecule has 150 valence electrons. The van der Waals surface area contributed by atoms with Gasteiger partial charge >= 0.3 is 5.97 Å². The first kappa shape index (κ1) is 20.8. The Balaban J connectivity index is 1.86. The van der Waals surface area contributed by atoms with E-state index in [0.717, 1.165) is 12.8 Å². The number of nitrogens with one attached hydrogen (secondary N) is 2. The molecule has 1 amide bonds. The molecule has 2 aromatic carbocycles. The van der Waals surface area contributed by atoms with E-state index in [1.54, 1.807) is 24.3 Å².